The lowest BCUT2D eigenvalue weighted by Gasteiger charge is -2.13. The van der Waals surface area contributed by atoms with E-state index in [0.717, 1.165) is 42.8 Å². The van der Waals surface area contributed by atoms with Gasteiger partial charge in [-0.25, -0.2) is 9.50 Å². The van der Waals surface area contributed by atoms with E-state index < -0.39 is 0 Å². The van der Waals surface area contributed by atoms with Gasteiger partial charge >= 0.3 is 0 Å². The van der Waals surface area contributed by atoms with Gasteiger partial charge in [0.05, 0.1) is 17.3 Å². The molecule has 1 amide bonds. The Hall–Kier alpha value is -3.29. The quantitative estimate of drug-likeness (QED) is 0.594. The Morgan fingerprint density at radius 3 is 2.71 bits per heavy atom. The molecule has 2 fully saturated rings. The van der Waals surface area contributed by atoms with E-state index in [0.29, 0.717) is 11.5 Å². The van der Waals surface area contributed by atoms with Crippen molar-refractivity contribution in [3.8, 4) is 0 Å². The average molecular weight is 373 g/mol. The summed E-state index contributed by atoms with van der Waals surface area (Å²) in [6.45, 7) is 2.07. The van der Waals surface area contributed by atoms with Crippen LogP contribution in [0.15, 0.2) is 36.7 Å². The average Bonchev–Trinajstić information content (AvgIpc) is 3.60. The minimum atomic E-state index is -0.219. The standard InChI is InChI=1S/C20H19N7O/c1-12-2-6-17-23-24-19(26(17)10-12)20(8-9-20)14-5-7-16-21-15(11-27(16)25-14)22-18(28)13-3-4-13/h2,5-7,10-11,13H,3-4,8-9H2,1H3,(H,22,28). The molecule has 4 aromatic heterocycles. The first-order valence-corrected chi connectivity index (χ1v) is 9.62. The van der Waals surface area contributed by atoms with Gasteiger partial charge in [0.2, 0.25) is 5.91 Å². The number of anilines is 1. The van der Waals surface area contributed by atoms with Gasteiger partial charge in [0, 0.05) is 12.1 Å². The highest BCUT2D eigenvalue weighted by Gasteiger charge is 2.51. The predicted molar refractivity (Wildman–Crippen MR) is 102 cm³/mol. The first-order chi connectivity index (χ1) is 13.6. The van der Waals surface area contributed by atoms with E-state index in [1.54, 1.807) is 10.7 Å². The number of carbonyl (C=O) groups excluding carboxylic acids is 1. The summed E-state index contributed by atoms with van der Waals surface area (Å²) in [5, 5.41) is 16.5. The molecule has 8 heteroatoms. The number of amides is 1. The van der Waals surface area contributed by atoms with E-state index in [1.807, 2.05) is 24.3 Å². The molecule has 8 nitrogen and oxygen atoms in total. The molecule has 0 atom stereocenters. The highest BCUT2D eigenvalue weighted by Crippen LogP contribution is 2.52. The minimum Gasteiger partial charge on any atom is -0.309 e. The Balaban J connectivity index is 1.39. The number of hydrogen-bond acceptors (Lipinski definition) is 5. The topological polar surface area (TPSA) is 89.5 Å². The van der Waals surface area contributed by atoms with Crippen molar-refractivity contribution in [3.05, 3.63) is 53.7 Å². The van der Waals surface area contributed by atoms with Crippen molar-refractivity contribution in [2.45, 2.75) is 38.0 Å². The number of nitrogens with one attached hydrogen (secondary N) is 1. The van der Waals surface area contributed by atoms with Crippen LogP contribution in [0, 0.1) is 12.8 Å². The third kappa shape index (κ3) is 2.33. The molecule has 0 unspecified atom stereocenters. The highest BCUT2D eigenvalue weighted by atomic mass is 16.2. The van der Waals surface area contributed by atoms with Gasteiger partial charge in [-0.15, -0.1) is 10.2 Å². The minimum absolute atomic E-state index is 0.0487. The fourth-order valence-corrected chi connectivity index (χ4v) is 3.81. The van der Waals surface area contributed by atoms with Gasteiger partial charge in [0.25, 0.3) is 0 Å². The van der Waals surface area contributed by atoms with Crippen molar-refractivity contribution in [2.24, 2.45) is 5.92 Å². The summed E-state index contributed by atoms with van der Waals surface area (Å²) in [4.78, 5) is 16.5. The maximum atomic E-state index is 12.0. The zero-order valence-electron chi connectivity index (χ0n) is 15.5. The van der Waals surface area contributed by atoms with Crippen LogP contribution >= 0.6 is 0 Å². The molecule has 0 bridgehead atoms. The zero-order chi connectivity index (χ0) is 18.9. The number of nitrogens with zero attached hydrogens (tertiary/aromatic N) is 6. The lowest BCUT2D eigenvalue weighted by atomic mass is 10.0. The largest absolute Gasteiger partial charge is 0.309 e. The molecule has 0 aromatic carbocycles. The maximum Gasteiger partial charge on any atom is 0.228 e. The van der Waals surface area contributed by atoms with Gasteiger partial charge in [-0.1, -0.05) is 6.07 Å². The maximum absolute atomic E-state index is 12.0. The summed E-state index contributed by atoms with van der Waals surface area (Å²) in [6.07, 6.45) is 7.76. The third-order valence-corrected chi connectivity index (χ3v) is 5.74. The number of imidazole rings is 1. The molecule has 4 heterocycles. The number of aromatic nitrogens is 6. The predicted octanol–water partition coefficient (Wildman–Crippen LogP) is 2.51. The van der Waals surface area contributed by atoms with Crippen LogP contribution in [-0.2, 0) is 10.2 Å². The molecule has 2 saturated carbocycles. The fraction of sp³-hybridized carbons (Fsp3) is 0.350. The van der Waals surface area contributed by atoms with Crippen molar-refractivity contribution < 1.29 is 4.79 Å². The fourth-order valence-electron chi connectivity index (χ4n) is 3.81. The van der Waals surface area contributed by atoms with Crippen LogP contribution in [0.3, 0.4) is 0 Å². The molecule has 28 heavy (non-hydrogen) atoms. The van der Waals surface area contributed by atoms with E-state index in [1.165, 1.54) is 5.56 Å². The van der Waals surface area contributed by atoms with E-state index in [-0.39, 0.29) is 17.2 Å². The summed E-state index contributed by atoms with van der Waals surface area (Å²) in [5.74, 6) is 1.68. The number of aryl methyl sites for hydroxylation is 1. The molecule has 2 aliphatic carbocycles. The van der Waals surface area contributed by atoms with Crippen LogP contribution in [0.1, 0.15) is 42.8 Å². The number of hydrogen-bond donors (Lipinski definition) is 1. The van der Waals surface area contributed by atoms with Gasteiger partial charge in [-0.3, -0.25) is 9.20 Å². The normalized spacial score (nSPS) is 17.9. The Bertz CT molecular complexity index is 1250. The van der Waals surface area contributed by atoms with Crippen LogP contribution in [0.25, 0.3) is 11.3 Å². The first-order valence-electron chi connectivity index (χ1n) is 9.62. The van der Waals surface area contributed by atoms with Crippen LogP contribution in [0.4, 0.5) is 5.82 Å². The summed E-state index contributed by atoms with van der Waals surface area (Å²) in [7, 11) is 0. The molecule has 0 radical (unpaired) electrons. The lowest BCUT2D eigenvalue weighted by Crippen LogP contribution is -2.16. The van der Waals surface area contributed by atoms with E-state index >= 15 is 0 Å². The van der Waals surface area contributed by atoms with Crippen LogP contribution in [-0.4, -0.2) is 35.1 Å². The Morgan fingerprint density at radius 1 is 1.11 bits per heavy atom. The summed E-state index contributed by atoms with van der Waals surface area (Å²) < 4.78 is 3.82. The second kappa shape index (κ2) is 5.37. The monoisotopic (exact) mass is 373 g/mol. The molecule has 0 saturated heterocycles. The lowest BCUT2D eigenvalue weighted by molar-refractivity contribution is -0.117. The SMILES string of the molecule is Cc1ccc2nnc(C3(c4ccc5nc(NC(=O)C6CC6)cn5n4)CC3)n2c1. The van der Waals surface area contributed by atoms with Gasteiger partial charge < -0.3 is 5.32 Å². The van der Waals surface area contributed by atoms with Crippen LogP contribution in [0.5, 0.6) is 0 Å². The Morgan fingerprint density at radius 2 is 1.93 bits per heavy atom. The number of carbonyl (C=O) groups is 1. The van der Waals surface area contributed by atoms with E-state index in [4.69, 9.17) is 5.10 Å². The van der Waals surface area contributed by atoms with Gasteiger partial charge in [0.15, 0.2) is 17.1 Å². The number of rotatable bonds is 4. The van der Waals surface area contributed by atoms with Crippen molar-refractivity contribution in [1.29, 1.82) is 0 Å². The van der Waals surface area contributed by atoms with Crippen molar-refractivity contribution in [2.75, 3.05) is 5.32 Å². The summed E-state index contributed by atoms with van der Waals surface area (Å²) >= 11 is 0. The van der Waals surface area contributed by atoms with Crippen molar-refractivity contribution >= 4 is 23.0 Å². The van der Waals surface area contributed by atoms with Gasteiger partial charge in [0.1, 0.15) is 5.82 Å². The van der Waals surface area contributed by atoms with Crippen LogP contribution in [0.2, 0.25) is 0 Å². The second-order valence-corrected chi connectivity index (χ2v) is 7.95. The van der Waals surface area contributed by atoms with Crippen LogP contribution < -0.4 is 5.32 Å². The van der Waals surface area contributed by atoms with Gasteiger partial charge in [-0.05, 0) is 56.4 Å². The Labute approximate surface area is 160 Å². The summed E-state index contributed by atoms with van der Waals surface area (Å²) in [5.41, 5.74) is 3.46. The first kappa shape index (κ1) is 15.7. The molecule has 0 spiro atoms. The number of fused-ring (bicyclic) bond motifs is 2. The highest BCUT2D eigenvalue weighted by molar-refractivity contribution is 5.93. The molecule has 2 aliphatic rings. The molecule has 4 aromatic rings. The van der Waals surface area contributed by atoms with E-state index in [2.05, 4.69) is 38.0 Å². The van der Waals surface area contributed by atoms with Crippen molar-refractivity contribution in [3.63, 3.8) is 0 Å². The molecular formula is C20H19N7O. The molecule has 6 rings (SSSR count). The molecule has 0 aliphatic heterocycles. The van der Waals surface area contributed by atoms with E-state index in [9.17, 15) is 4.79 Å². The Kier molecular flexibility index (Phi) is 3.02. The number of pyridine rings is 1. The molecule has 1 N–H and O–H groups in total. The smallest absolute Gasteiger partial charge is 0.228 e. The molecule has 140 valence electrons. The van der Waals surface area contributed by atoms with Crippen molar-refractivity contribution in [1.82, 2.24) is 29.2 Å². The summed E-state index contributed by atoms with van der Waals surface area (Å²) in [6, 6.07) is 7.99. The third-order valence-electron chi connectivity index (χ3n) is 5.74. The zero-order valence-corrected chi connectivity index (χ0v) is 15.5. The van der Waals surface area contributed by atoms with Gasteiger partial charge in [-0.2, -0.15) is 5.10 Å². The molecular weight excluding hydrogens is 354 g/mol. The second-order valence-electron chi connectivity index (χ2n) is 7.95.